The lowest BCUT2D eigenvalue weighted by Crippen LogP contribution is -2.36. The zero-order valence-electron chi connectivity index (χ0n) is 19.7. The molecule has 0 bridgehead atoms. The predicted molar refractivity (Wildman–Crippen MR) is 133 cm³/mol. The number of carbonyl (C=O) groups is 1. The minimum atomic E-state index is -0.582. The van der Waals surface area contributed by atoms with Crippen LogP contribution in [0.5, 0.6) is 0 Å². The molecule has 0 aliphatic carbocycles. The largest absolute Gasteiger partial charge is 0.444 e. The smallest absolute Gasteiger partial charge is 0.412 e. The minimum absolute atomic E-state index is 0.118. The summed E-state index contributed by atoms with van der Waals surface area (Å²) in [5.41, 5.74) is 0.0374. The summed E-state index contributed by atoms with van der Waals surface area (Å²) < 4.78 is 20.9. The molecule has 1 fully saturated rings. The lowest BCUT2D eigenvalue weighted by Gasteiger charge is -2.27. The van der Waals surface area contributed by atoms with Crippen molar-refractivity contribution in [2.24, 2.45) is 0 Å². The van der Waals surface area contributed by atoms with E-state index in [1.807, 2.05) is 11.0 Å². The molecule has 0 unspecified atom stereocenters. The summed E-state index contributed by atoms with van der Waals surface area (Å²) in [4.78, 5) is 36.4. The number of halogens is 1. The number of morpholine rings is 1. The van der Waals surface area contributed by atoms with Crippen molar-refractivity contribution in [2.45, 2.75) is 26.4 Å². The van der Waals surface area contributed by atoms with Crippen LogP contribution in [0.15, 0.2) is 73.2 Å². The van der Waals surface area contributed by atoms with Crippen molar-refractivity contribution in [2.75, 3.05) is 36.5 Å². The van der Waals surface area contributed by atoms with Crippen LogP contribution in [0.4, 0.5) is 16.4 Å². The number of hydrogen-bond acceptors (Lipinski definition) is 8. The Balaban J connectivity index is 0.000000363. The van der Waals surface area contributed by atoms with E-state index in [4.69, 9.17) is 25.5 Å². The van der Waals surface area contributed by atoms with E-state index in [9.17, 15) is 14.4 Å². The topological polar surface area (TPSA) is 111 Å². The first-order valence-electron chi connectivity index (χ1n) is 10.9. The normalized spacial score (nSPS) is 13.4. The second-order valence-electron chi connectivity index (χ2n) is 8.55. The first-order valence-corrected chi connectivity index (χ1v) is 11.3. The van der Waals surface area contributed by atoms with Gasteiger partial charge in [0.05, 0.1) is 19.5 Å². The molecule has 35 heavy (non-hydrogen) atoms. The van der Waals surface area contributed by atoms with Crippen LogP contribution in [0.1, 0.15) is 20.8 Å². The summed E-state index contributed by atoms with van der Waals surface area (Å²) in [6, 6.07) is 13.1. The van der Waals surface area contributed by atoms with Crippen LogP contribution >= 0.6 is 11.6 Å². The summed E-state index contributed by atoms with van der Waals surface area (Å²) in [5, 5.41) is 2.81. The van der Waals surface area contributed by atoms with Crippen molar-refractivity contribution in [1.82, 2.24) is 0 Å². The number of nitrogens with zero attached hydrogens (tertiary/aromatic N) is 1. The Morgan fingerprint density at radius 3 is 2.43 bits per heavy atom. The van der Waals surface area contributed by atoms with Gasteiger partial charge in [-0.05, 0) is 45.0 Å². The fourth-order valence-electron chi connectivity index (χ4n) is 3.07. The second-order valence-corrected chi connectivity index (χ2v) is 8.96. The predicted octanol–water partition coefficient (Wildman–Crippen LogP) is 4.78. The molecule has 2 aromatic heterocycles. The Hall–Kier alpha value is -3.56. The molecule has 4 rings (SSSR count). The molecule has 1 N–H and O–H groups in total. The van der Waals surface area contributed by atoms with E-state index in [1.54, 1.807) is 45.0 Å². The van der Waals surface area contributed by atoms with Gasteiger partial charge in [-0.15, -0.1) is 0 Å². The number of carbonyl (C=O) groups excluding carboxylic acids is 1. The van der Waals surface area contributed by atoms with Crippen molar-refractivity contribution in [3.05, 3.63) is 80.5 Å². The van der Waals surface area contributed by atoms with Gasteiger partial charge in [0.1, 0.15) is 16.4 Å². The van der Waals surface area contributed by atoms with Gasteiger partial charge >= 0.3 is 11.7 Å². The molecule has 3 heterocycles. The maximum Gasteiger partial charge on any atom is 0.412 e. The average Bonchev–Trinajstić information content (AvgIpc) is 2.80. The van der Waals surface area contributed by atoms with Gasteiger partial charge in [-0.25, -0.2) is 9.59 Å². The zero-order valence-corrected chi connectivity index (χ0v) is 20.5. The van der Waals surface area contributed by atoms with Gasteiger partial charge in [-0.2, -0.15) is 0 Å². The Kier molecular flexibility index (Phi) is 8.73. The highest BCUT2D eigenvalue weighted by molar-refractivity contribution is 6.30. The summed E-state index contributed by atoms with van der Waals surface area (Å²) in [6.07, 6.45) is 0.747. The average molecular weight is 503 g/mol. The van der Waals surface area contributed by atoms with Crippen LogP contribution in [0.25, 0.3) is 11.3 Å². The zero-order chi connectivity index (χ0) is 25.4. The van der Waals surface area contributed by atoms with E-state index >= 15 is 0 Å². The van der Waals surface area contributed by atoms with Crippen LogP contribution in [0.3, 0.4) is 0 Å². The Morgan fingerprint density at radius 2 is 1.80 bits per heavy atom. The summed E-state index contributed by atoms with van der Waals surface area (Å²) >= 11 is 5.30. The first-order chi connectivity index (χ1) is 16.6. The molecule has 0 spiro atoms. The highest BCUT2D eigenvalue weighted by atomic mass is 35.5. The molecule has 0 radical (unpaired) electrons. The molecule has 9 nitrogen and oxygen atoms in total. The first kappa shape index (κ1) is 26.1. The highest BCUT2D eigenvalue weighted by Gasteiger charge is 2.17. The van der Waals surface area contributed by atoms with Crippen LogP contribution < -0.4 is 21.3 Å². The van der Waals surface area contributed by atoms with Gasteiger partial charge in [-0.1, -0.05) is 23.7 Å². The fraction of sp³-hybridized carbons (Fsp3) is 0.320. The van der Waals surface area contributed by atoms with Gasteiger partial charge in [0.25, 0.3) is 0 Å². The van der Waals surface area contributed by atoms with Gasteiger partial charge < -0.3 is 23.2 Å². The summed E-state index contributed by atoms with van der Waals surface area (Å²) in [6.45, 7) is 7.95. The molecule has 1 saturated heterocycles. The molecule has 1 aromatic carbocycles. The number of rotatable bonds is 3. The molecule has 1 amide bonds. The minimum Gasteiger partial charge on any atom is -0.444 e. The fourth-order valence-corrected chi connectivity index (χ4v) is 3.18. The third-order valence-corrected chi connectivity index (χ3v) is 4.84. The maximum atomic E-state index is 12.1. The number of nitrogens with one attached hydrogen (secondary N) is 1. The number of anilines is 2. The third kappa shape index (κ3) is 8.31. The standard InChI is InChI=1S/C20H24N2O5.C5H3ClO2/c1-20(2,3)27-19(24)21-15-6-4-5-14(11-15)17-12-16(23)13-18(26-17)22-7-9-25-10-8-22;6-4-2-1-3-8-5(4)7/h4-6,11-13H,7-10H2,1-3H3,(H,21,24);1-3H. The van der Waals surface area contributed by atoms with Gasteiger partial charge in [0, 0.05) is 36.5 Å². The maximum absolute atomic E-state index is 12.1. The number of hydrogen-bond donors (Lipinski definition) is 1. The summed E-state index contributed by atoms with van der Waals surface area (Å²) in [5.74, 6) is 0.961. The Morgan fingerprint density at radius 1 is 1.06 bits per heavy atom. The molecule has 1 aliphatic rings. The molecule has 0 saturated carbocycles. The van der Waals surface area contributed by atoms with Gasteiger partial charge in [0.2, 0.25) is 0 Å². The van der Waals surface area contributed by atoms with Crippen LogP contribution in [0, 0.1) is 0 Å². The second kappa shape index (κ2) is 11.7. The van der Waals surface area contributed by atoms with E-state index in [1.165, 1.54) is 24.5 Å². The van der Waals surface area contributed by atoms with Gasteiger partial charge in [0.15, 0.2) is 11.3 Å². The van der Waals surface area contributed by atoms with Crippen molar-refractivity contribution < 1.29 is 23.1 Å². The highest BCUT2D eigenvalue weighted by Crippen LogP contribution is 2.26. The van der Waals surface area contributed by atoms with E-state index in [0.29, 0.717) is 49.2 Å². The van der Waals surface area contributed by atoms with Crippen LogP contribution in [-0.2, 0) is 9.47 Å². The van der Waals surface area contributed by atoms with Crippen LogP contribution in [0.2, 0.25) is 5.02 Å². The Labute approximate surface area is 207 Å². The van der Waals surface area contributed by atoms with E-state index in [2.05, 4.69) is 9.73 Å². The number of amides is 1. The molecule has 10 heteroatoms. The Bertz CT molecular complexity index is 1260. The molecule has 1 aliphatic heterocycles. The van der Waals surface area contributed by atoms with Crippen LogP contribution in [-0.4, -0.2) is 38.0 Å². The molecule has 0 atom stereocenters. The van der Waals surface area contributed by atoms with Gasteiger partial charge in [-0.3, -0.25) is 10.1 Å². The quantitative estimate of drug-likeness (QED) is 0.544. The summed E-state index contributed by atoms with van der Waals surface area (Å²) in [7, 11) is 0. The SMILES string of the molecule is CC(C)(C)OC(=O)Nc1cccc(-c2cc(=O)cc(N3CCOCC3)o2)c1.O=c1occcc1Cl. The third-order valence-electron chi connectivity index (χ3n) is 4.56. The van der Waals surface area contributed by atoms with E-state index < -0.39 is 17.3 Å². The molecule has 3 aromatic rings. The lowest BCUT2D eigenvalue weighted by atomic mass is 10.1. The van der Waals surface area contributed by atoms with E-state index in [0.717, 1.165) is 0 Å². The van der Waals surface area contributed by atoms with E-state index in [-0.39, 0.29) is 10.5 Å². The van der Waals surface area contributed by atoms with Crippen molar-refractivity contribution in [3.8, 4) is 11.3 Å². The number of benzene rings is 1. The number of ether oxygens (including phenoxy) is 2. The van der Waals surface area contributed by atoms with Crippen molar-refractivity contribution >= 4 is 29.3 Å². The molecular weight excluding hydrogens is 476 g/mol. The van der Waals surface area contributed by atoms with Crippen molar-refractivity contribution in [3.63, 3.8) is 0 Å². The molecule has 186 valence electrons. The lowest BCUT2D eigenvalue weighted by molar-refractivity contribution is 0.0636. The van der Waals surface area contributed by atoms with Crippen molar-refractivity contribution in [1.29, 1.82) is 0 Å². The molecular formula is C25H27ClN2O7. The monoisotopic (exact) mass is 502 g/mol.